The molecule has 0 unspecified atom stereocenters. The molecular weight excluding hydrogens is 366 g/mol. The number of nitriles is 1. The highest BCUT2D eigenvalue weighted by atomic mass is 32.2. The van der Waals surface area contributed by atoms with E-state index in [2.05, 4.69) is 15.0 Å². The summed E-state index contributed by atoms with van der Waals surface area (Å²) in [7, 11) is -7.69. The maximum Gasteiger partial charge on any atom is 0.240 e. The van der Waals surface area contributed by atoms with Gasteiger partial charge in [0.25, 0.3) is 0 Å². The minimum Gasteiger partial charge on any atom is -0.368 e. The number of nitrogens with zero attached hydrogens (tertiary/aromatic N) is 2. The van der Waals surface area contributed by atoms with Crippen LogP contribution in [-0.4, -0.2) is 34.9 Å². The Balaban J connectivity index is 1.97. The largest absolute Gasteiger partial charge is 0.368 e. The zero-order chi connectivity index (χ0) is 18.5. The molecule has 0 amide bonds. The first kappa shape index (κ1) is 18.8. The van der Waals surface area contributed by atoms with Crippen LogP contribution in [0.4, 0.5) is 5.82 Å². The number of pyridine rings is 1. The Kier molecular flexibility index (Phi) is 5.70. The van der Waals surface area contributed by atoms with Crippen LogP contribution in [0.2, 0.25) is 0 Å². The van der Waals surface area contributed by atoms with Gasteiger partial charge in [-0.25, -0.2) is 31.7 Å². The van der Waals surface area contributed by atoms with E-state index in [-0.39, 0.29) is 22.9 Å². The Bertz CT molecular complexity index is 996. The number of anilines is 1. The average molecular weight is 381 g/mol. The molecule has 0 aliphatic rings. The van der Waals surface area contributed by atoms with Crippen molar-refractivity contribution in [2.75, 3.05) is 18.4 Å². The normalized spacial score (nSPS) is 11.7. The van der Waals surface area contributed by atoms with Crippen LogP contribution in [0, 0.1) is 11.3 Å². The van der Waals surface area contributed by atoms with Gasteiger partial charge in [-0.2, -0.15) is 5.26 Å². The first-order valence-corrected chi connectivity index (χ1v) is 9.98. The van der Waals surface area contributed by atoms with Crippen molar-refractivity contribution in [1.82, 2.24) is 9.71 Å². The molecule has 25 heavy (non-hydrogen) atoms. The number of nitrogens with one attached hydrogen (secondary N) is 2. The van der Waals surface area contributed by atoms with Crippen LogP contribution in [0.15, 0.2) is 52.4 Å². The zero-order valence-electron chi connectivity index (χ0n) is 12.9. The lowest BCUT2D eigenvalue weighted by molar-refractivity contribution is 0.582. The van der Waals surface area contributed by atoms with Crippen molar-refractivity contribution < 1.29 is 16.8 Å². The van der Waals surface area contributed by atoms with Crippen LogP contribution in [0.3, 0.4) is 0 Å². The van der Waals surface area contributed by atoms with Crippen LogP contribution >= 0.6 is 0 Å². The predicted molar refractivity (Wildman–Crippen MR) is 90.4 cm³/mol. The predicted octanol–water partition coefficient (Wildman–Crippen LogP) is -0.00892. The van der Waals surface area contributed by atoms with Gasteiger partial charge in [-0.3, -0.25) is 0 Å². The van der Waals surface area contributed by atoms with Gasteiger partial charge in [-0.1, -0.05) is 0 Å². The minimum absolute atomic E-state index is 0.0424. The summed E-state index contributed by atoms with van der Waals surface area (Å²) in [4.78, 5) is 3.73. The van der Waals surface area contributed by atoms with Gasteiger partial charge in [0.1, 0.15) is 11.9 Å². The van der Waals surface area contributed by atoms with E-state index in [1.165, 1.54) is 6.20 Å². The lowest BCUT2D eigenvalue weighted by Crippen LogP contribution is -2.29. The van der Waals surface area contributed by atoms with Gasteiger partial charge in [0.2, 0.25) is 20.0 Å². The Labute approximate surface area is 145 Å². The summed E-state index contributed by atoms with van der Waals surface area (Å²) >= 11 is 0. The molecule has 0 fully saturated rings. The summed E-state index contributed by atoms with van der Waals surface area (Å²) in [5.74, 6) is 0.363. The van der Waals surface area contributed by atoms with Crippen LogP contribution in [0.5, 0.6) is 0 Å². The van der Waals surface area contributed by atoms with Gasteiger partial charge in [-0.05, 0) is 36.4 Å². The van der Waals surface area contributed by atoms with Crippen molar-refractivity contribution in [3.8, 4) is 6.07 Å². The smallest absolute Gasteiger partial charge is 0.240 e. The highest BCUT2D eigenvalue weighted by Crippen LogP contribution is 2.13. The standard InChI is InChI=1S/C14H15N5O4S2/c15-10-11-2-1-7-17-14(11)18-8-9-19-25(22,23)13-5-3-12(4-6-13)24(16,20)21/h1-7,19H,8-9H2,(H,17,18)(H2,16,20,21). The monoisotopic (exact) mass is 381 g/mol. The Morgan fingerprint density at radius 3 is 2.28 bits per heavy atom. The number of aromatic nitrogens is 1. The van der Waals surface area contributed by atoms with Crippen molar-refractivity contribution in [3.05, 3.63) is 48.2 Å². The molecule has 11 heteroatoms. The summed E-state index contributed by atoms with van der Waals surface area (Å²) in [5, 5.41) is 16.8. The van der Waals surface area contributed by atoms with Gasteiger partial charge in [0.15, 0.2) is 0 Å². The first-order valence-electron chi connectivity index (χ1n) is 6.95. The molecule has 0 atom stereocenters. The molecule has 9 nitrogen and oxygen atoms in total. The van der Waals surface area contributed by atoms with Gasteiger partial charge in [0, 0.05) is 19.3 Å². The molecule has 2 aromatic rings. The fourth-order valence-corrected chi connectivity index (χ4v) is 3.44. The molecule has 4 N–H and O–H groups in total. The number of nitrogens with two attached hydrogens (primary N) is 1. The molecule has 132 valence electrons. The second-order valence-corrected chi connectivity index (χ2v) is 8.18. The second kappa shape index (κ2) is 7.58. The zero-order valence-corrected chi connectivity index (χ0v) is 14.5. The number of benzene rings is 1. The molecule has 0 aliphatic heterocycles. The first-order chi connectivity index (χ1) is 11.7. The maximum absolute atomic E-state index is 12.1. The van der Waals surface area contributed by atoms with Crippen LogP contribution in [-0.2, 0) is 20.0 Å². The van der Waals surface area contributed by atoms with Crippen molar-refractivity contribution in [2.45, 2.75) is 9.79 Å². The number of primary sulfonamides is 1. The number of sulfonamides is 2. The summed E-state index contributed by atoms with van der Waals surface area (Å²) in [6.45, 7) is 0.251. The molecular formula is C14H15N5O4S2. The van der Waals surface area contributed by atoms with Crippen molar-refractivity contribution >= 4 is 25.9 Å². The maximum atomic E-state index is 12.1. The molecule has 1 heterocycles. The lowest BCUT2D eigenvalue weighted by Gasteiger charge is -2.09. The molecule has 0 bridgehead atoms. The Morgan fingerprint density at radius 1 is 1.04 bits per heavy atom. The van der Waals surface area contributed by atoms with E-state index >= 15 is 0 Å². The average Bonchev–Trinajstić information content (AvgIpc) is 2.58. The van der Waals surface area contributed by atoms with Crippen molar-refractivity contribution in [3.63, 3.8) is 0 Å². The summed E-state index contributed by atoms with van der Waals surface area (Å²) in [5.41, 5.74) is 0.351. The number of rotatable bonds is 7. The summed E-state index contributed by atoms with van der Waals surface area (Å²) in [6.07, 6.45) is 1.51. The molecule has 0 radical (unpaired) electrons. The van der Waals surface area contributed by atoms with E-state index in [1.54, 1.807) is 12.1 Å². The third-order valence-corrected chi connectivity index (χ3v) is 5.51. The molecule has 0 saturated carbocycles. The third kappa shape index (κ3) is 4.97. The minimum atomic E-state index is -3.88. The molecule has 1 aromatic carbocycles. The van der Waals surface area contributed by atoms with E-state index in [4.69, 9.17) is 10.4 Å². The molecule has 1 aromatic heterocycles. The van der Waals surface area contributed by atoms with Crippen LogP contribution in [0.25, 0.3) is 0 Å². The van der Waals surface area contributed by atoms with Crippen LogP contribution in [0.1, 0.15) is 5.56 Å². The molecule has 0 aliphatic carbocycles. The van der Waals surface area contributed by atoms with E-state index in [1.807, 2.05) is 6.07 Å². The van der Waals surface area contributed by atoms with E-state index in [0.29, 0.717) is 11.4 Å². The molecule has 0 saturated heterocycles. The van der Waals surface area contributed by atoms with Gasteiger partial charge < -0.3 is 5.32 Å². The Morgan fingerprint density at radius 2 is 1.68 bits per heavy atom. The van der Waals surface area contributed by atoms with Gasteiger partial charge >= 0.3 is 0 Å². The molecule has 0 spiro atoms. The second-order valence-electron chi connectivity index (χ2n) is 4.85. The van der Waals surface area contributed by atoms with E-state index in [0.717, 1.165) is 24.3 Å². The van der Waals surface area contributed by atoms with Crippen molar-refractivity contribution in [2.24, 2.45) is 5.14 Å². The SMILES string of the molecule is N#Cc1cccnc1NCCNS(=O)(=O)c1ccc(S(N)(=O)=O)cc1. The quantitative estimate of drug-likeness (QED) is 0.570. The van der Waals surface area contributed by atoms with Gasteiger partial charge in [-0.15, -0.1) is 0 Å². The Hall–Kier alpha value is -2.52. The third-order valence-electron chi connectivity index (χ3n) is 3.10. The van der Waals surface area contributed by atoms with Crippen LogP contribution < -0.4 is 15.2 Å². The highest BCUT2D eigenvalue weighted by Gasteiger charge is 2.15. The molecule has 2 rings (SSSR count). The van der Waals surface area contributed by atoms with Crippen molar-refractivity contribution in [1.29, 1.82) is 5.26 Å². The number of hydrogen-bond donors (Lipinski definition) is 3. The summed E-state index contributed by atoms with van der Waals surface area (Å²) < 4.78 is 49.0. The summed E-state index contributed by atoms with van der Waals surface area (Å²) in [6, 6.07) is 9.74. The number of hydrogen-bond acceptors (Lipinski definition) is 7. The highest BCUT2D eigenvalue weighted by molar-refractivity contribution is 7.89. The van der Waals surface area contributed by atoms with Gasteiger partial charge in [0.05, 0.1) is 15.4 Å². The fraction of sp³-hybridized carbons (Fsp3) is 0.143. The van der Waals surface area contributed by atoms with E-state index < -0.39 is 20.0 Å². The lowest BCUT2D eigenvalue weighted by atomic mass is 10.3. The topological polar surface area (TPSA) is 155 Å². The van der Waals surface area contributed by atoms with E-state index in [9.17, 15) is 16.8 Å². The fourth-order valence-electron chi connectivity index (χ4n) is 1.89.